The lowest BCUT2D eigenvalue weighted by molar-refractivity contribution is -0.141. The van der Waals surface area contributed by atoms with Crippen molar-refractivity contribution in [2.45, 2.75) is 31.6 Å². The maximum Gasteiger partial charge on any atom is 0.248 e. The van der Waals surface area contributed by atoms with E-state index in [0.717, 1.165) is 0 Å². The number of carbonyl (C=O) groups excluding carboxylic acids is 2. The van der Waals surface area contributed by atoms with Crippen LogP contribution in [0.15, 0.2) is 0 Å². The normalized spacial score (nSPS) is 26.0. The molecule has 1 aliphatic carbocycles. The molecule has 2 fully saturated rings. The van der Waals surface area contributed by atoms with Gasteiger partial charge in [-0.05, 0) is 12.8 Å². The molecule has 0 bridgehead atoms. The van der Waals surface area contributed by atoms with Crippen molar-refractivity contribution in [2.75, 3.05) is 39.9 Å². The first-order chi connectivity index (χ1) is 9.93. The average Bonchev–Trinajstić information content (AvgIpc) is 2.69. The highest BCUT2D eigenvalue weighted by Gasteiger charge is 2.44. The third kappa shape index (κ3) is 4.12. The Bertz CT molecular complexity index is 404. The predicted molar refractivity (Wildman–Crippen MR) is 71.9 cm³/mol. The highest BCUT2D eigenvalue weighted by molar-refractivity contribution is 5.86. The minimum atomic E-state index is -2.74. The summed E-state index contributed by atoms with van der Waals surface area (Å²) in [5, 5.41) is 0. The molecule has 21 heavy (non-hydrogen) atoms. The molecule has 0 spiro atoms. The second-order valence-corrected chi connectivity index (χ2v) is 5.78. The molecular formula is C14H22F2N2O3. The first kappa shape index (κ1) is 16.1. The van der Waals surface area contributed by atoms with Crippen molar-refractivity contribution in [3.05, 3.63) is 0 Å². The topological polar surface area (TPSA) is 49.9 Å². The predicted octanol–water partition coefficient (Wildman–Crippen LogP) is 1.13. The molecule has 1 heterocycles. The summed E-state index contributed by atoms with van der Waals surface area (Å²) < 4.78 is 31.4. The molecule has 1 saturated heterocycles. The van der Waals surface area contributed by atoms with E-state index in [4.69, 9.17) is 4.74 Å². The third-order valence-electron chi connectivity index (χ3n) is 4.16. The van der Waals surface area contributed by atoms with Crippen LogP contribution in [0.1, 0.15) is 25.7 Å². The summed E-state index contributed by atoms with van der Waals surface area (Å²) in [5.74, 6) is -3.81. The van der Waals surface area contributed by atoms with Crippen LogP contribution in [0, 0.1) is 5.92 Å². The van der Waals surface area contributed by atoms with Gasteiger partial charge in [-0.25, -0.2) is 8.78 Å². The van der Waals surface area contributed by atoms with E-state index >= 15 is 0 Å². The lowest BCUT2D eigenvalue weighted by Crippen LogP contribution is -2.42. The molecular weight excluding hydrogens is 282 g/mol. The molecule has 7 heteroatoms. The number of alkyl halides is 2. The van der Waals surface area contributed by atoms with E-state index in [1.54, 1.807) is 12.0 Å². The number of nitrogens with zero attached hydrogens (tertiary/aromatic N) is 2. The number of methoxy groups -OCH3 is 1. The van der Waals surface area contributed by atoms with Gasteiger partial charge in [0.25, 0.3) is 0 Å². The summed E-state index contributed by atoms with van der Waals surface area (Å²) in [6, 6.07) is 0. The zero-order valence-corrected chi connectivity index (χ0v) is 12.3. The van der Waals surface area contributed by atoms with Crippen molar-refractivity contribution in [1.29, 1.82) is 0 Å². The van der Waals surface area contributed by atoms with Crippen LogP contribution in [0.3, 0.4) is 0 Å². The van der Waals surface area contributed by atoms with E-state index in [0.29, 0.717) is 32.7 Å². The van der Waals surface area contributed by atoms with E-state index in [-0.39, 0.29) is 37.6 Å². The van der Waals surface area contributed by atoms with Crippen LogP contribution in [-0.4, -0.2) is 67.4 Å². The fourth-order valence-electron chi connectivity index (χ4n) is 2.96. The van der Waals surface area contributed by atoms with Gasteiger partial charge in [-0.15, -0.1) is 0 Å². The number of carbonyl (C=O) groups is 2. The van der Waals surface area contributed by atoms with Gasteiger partial charge in [0, 0.05) is 45.5 Å². The summed E-state index contributed by atoms with van der Waals surface area (Å²) in [4.78, 5) is 27.5. The van der Waals surface area contributed by atoms with Crippen molar-refractivity contribution in [3.63, 3.8) is 0 Å². The van der Waals surface area contributed by atoms with Crippen molar-refractivity contribution < 1.29 is 23.1 Å². The lowest BCUT2D eigenvalue weighted by Gasteiger charge is -2.24. The Hall–Kier alpha value is -1.24. The van der Waals surface area contributed by atoms with Gasteiger partial charge in [0.15, 0.2) is 0 Å². The van der Waals surface area contributed by atoms with Crippen LogP contribution in [0.25, 0.3) is 0 Å². The molecule has 1 atom stereocenters. The molecule has 1 aliphatic heterocycles. The molecule has 2 amide bonds. The van der Waals surface area contributed by atoms with E-state index in [1.165, 1.54) is 4.90 Å². The standard InChI is InChI=1S/C14H22F2N2O3/c1-21-8-7-17-5-2-6-18(10-12(17)19)13(20)11-3-4-14(15,16)9-11/h11H,2-10H2,1H3. The molecule has 0 aromatic rings. The molecule has 2 aliphatic rings. The van der Waals surface area contributed by atoms with Crippen molar-refractivity contribution in [3.8, 4) is 0 Å². The second-order valence-electron chi connectivity index (χ2n) is 5.78. The number of halogens is 2. The number of ether oxygens (including phenoxy) is 1. The molecule has 120 valence electrons. The SMILES string of the molecule is COCCN1CCCN(C(=O)C2CCC(F)(F)C2)CC1=O. The highest BCUT2D eigenvalue weighted by Crippen LogP contribution is 2.39. The molecule has 1 saturated carbocycles. The van der Waals surface area contributed by atoms with Gasteiger partial charge in [0.05, 0.1) is 13.2 Å². The Balaban J connectivity index is 1.92. The van der Waals surface area contributed by atoms with Crippen molar-refractivity contribution >= 4 is 11.8 Å². The molecule has 1 unspecified atom stereocenters. The van der Waals surface area contributed by atoms with E-state index in [2.05, 4.69) is 0 Å². The minimum absolute atomic E-state index is 0.00931. The van der Waals surface area contributed by atoms with Crippen LogP contribution in [0.2, 0.25) is 0 Å². The van der Waals surface area contributed by atoms with Crippen molar-refractivity contribution in [1.82, 2.24) is 9.80 Å². The fraction of sp³-hybridized carbons (Fsp3) is 0.857. The summed E-state index contributed by atoms with van der Waals surface area (Å²) >= 11 is 0. The summed E-state index contributed by atoms with van der Waals surface area (Å²) in [7, 11) is 1.57. The average molecular weight is 304 g/mol. The van der Waals surface area contributed by atoms with E-state index in [1.807, 2.05) is 0 Å². The van der Waals surface area contributed by atoms with Crippen LogP contribution in [0.4, 0.5) is 8.78 Å². The van der Waals surface area contributed by atoms with E-state index < -0.39 is 11.8 Å². The van der Waals surface area contributed by atoms with Gasteiger partial charge in [-0.2, -0.15) is 0 Å². The Morgan fingerprint density at radius 3 is 2.81 bits per heavy atom. The number of hydrogen-bond donors (Lipinski definition) is 0. The molecule has 5 nitrogen and oxygen atoms in total. The molecule has 0 aromatic heterocycles. The Morgan fingerprint density at radius 1 is 1.43 bits per heavy atom. The van der Waals surface area contributed by atoms with Gasteiger partial charge in [0.2, 0.25) is 17.7 Å². The zero-order chi connectivity index (χ0) is 15.5. The minimum Gasteiger partial charge on any atom is -0.383 e. The van der Waals surface area contributed by atoms with Crippen LogP contribution in [0.5, 0.6) is 0 Å². The maximum absolute atomic E-state index is 13.2. The van der Waals surface area contributed by atoms with Gasteiger partial charge < -0.3 is 14.5 Å². The van der Waals surface area contributed by atoms with E-state index in [9.17, 15) is 18.4 Å². The monoisotopic (exact) mass is 304 g/mol. The van der Waals surface area contributed by atoms with Gasteiger partial charge in [-0.1, -0.05) is 0 Å². The van der Waals surface area contributed by atoms with Crippen LogP contribution in [-0.2, 0) is 14.3 Å². The van der Waals surface area contributed by atoms with Crippen molar-refractivity contribution in [2.24, 2.45) is 5.92 Å². The smallest absolute Gasteiger partial charge is 0.248 e. The van der Waals surface area contributed by atoms with Crippen LogP contribution < -0.4 is 0 Å². The molecule has 0 aromatic carbocycles. The Kier molecular flexibility index (Phi) is 5.13. The van der Waals surface area contributed by atoms with Gasteiger partial charge >= 0.3 is 0 Å². The van der Waals surface area contributed by atoms with Crippen LogP contribution >= 0.6 is 0 Å². The molecule has 0 N–H and O–H groups in total. The summed E-state index contributed by atoms with van der Waals surface area (Å²) in [6.07, 6.45) is 0.267. The fourth-order valence-corrected chi connectivity index (χ4v) is 2.96. The first-order valence-corrected chi connectivity index (χ1v) is 7.36. The largest absolute Gasteiger partial charge is 0.383 e. The lowest BCUT2D eigenvalue weighted by atomic mass is 10.1. The Labute approximate surface area is 123 Å². The summed E-state index contributed by atoms with van der Waals surface area (Å²) in [5.41, 5.74) is 0. The highest BCUT2D eigenvalue weighted by atomic mass is 19.3. The Morgan fingerprint density at radius 2 is 2.19 bits per heavy atom. The number of amides is 2. The van der Waals surface area contributed by atoms with Gasteiger partial charge in [0.1, 0.15) is 0 Å². The molecule has 0 radical (unpaired) electrons. The summed E-state index contributed by atoms with van der Waals surface area (Å²) in [6.45, 7) is 1.97. The maximum atomic E-state index is 13.2. The quantitative estimate of drug-likeness (QED) is 0.782. The van der Waals surface area contributed by atoms with Gasteiger partial charge in [-0.3, -0.25) is 9.59 Å². The first-order valence-electron chi connectivity index (χ1n) is 7.36. The molecule has 2 rings (SSSR count). The number of rotatable bonds is 4. The zero-order valence-electron chi connectivity index (χ0n) is 12.3. The second kappa shape index (κ2) is 6.68. The number of hydrogen-bond acceptors (Lipinski definition) is 3. The third-order valence-corrected chi connectivity index (χ3v) is 4.16.